The van der Waals surface area contributed by atoms with Crippen LogP contribution in [0.25, 0.3) is 0 Å². The summed E-state index contributed by atoms with van der Waals surface area (Å²) in [5, 5.41) is 0. The fourth-order valence-corrected chi connectivity index (χ4v) is 3.07. The van der Waals surface area contributed by atoms with Crippen molar-refractivity contribution in [2.24, 2.45) is 11.8 Å². The molecule has 1 saturated carbocycles. The largest absolute Gasteiger partial charge is 0.381 e. The fraction of sp³-hybridized carbons (Fsp3) is 0.929. The third-order valence-corrected chi connectivity index (χ3v) is 4.20. The standard InChI is InChI=1S/C14H25NO2/c1-15(11-12-7-9-17-10-8-12)14(16)13-5-3-2-4-6-13/h12-13H,2-11H2,1H3. The van der Waals surface area contributed by atoms with Crippen LogP contribution in [0, 0.1) is 11.8 Å². The minimum atomic E-state index is 0.314. The van der Waals surface area contributed by atoms with E-state index in [2.05, 4.69) is 0 Å². The van der Waals surface area contributed by atoms with Gasteiger partial charge in [0, 0.05) is 32.7 Å². The van der Waals surface area contributed by atoms with Crippen LogP contribution in [-0.4, -0.2) is 37.6 Å². The molecule has 0 aromatic carbocycles. The summed E-state index contributed by atoms with van der Waals surface area (Å²) in [5.74, 6) is 1.35. The van der Waals surface area contributed by atoms with Crippen LogP contribution in [0.4, 0.5) is 0 Å². The van der Waals surface area contributed by atoms with Crippen LogP contribution >= 0.6 is 0 Å². The van der Waals surface area contributed by atoms with Crippen LogP contribution < -0.4 is 0 Å². The lowest BCUT2D eigenvalue weighted by molar-refractivity contribution is -0.136. The molecule has 0 spiro atoms. The summed E-state index contributed by atoms with van der Waals surface area (Å²) in [6.07, 6.45) is 8.23. The van der Waals surface area contributed by atoms with E-state index in [4.69, 9.17) is 4.74 Å². The van der Waals surface area contributed by atoms with Crippen LogP contribution in [0.15, 0.2) is 0 Å². The Labute approximate surface area is 105 Å². The molecule has 2 aliphatic rings. The average molecular weight is 239 g/mol. The topological polar surface area (TPSA) is 29.5 Å². The monoisotopic (exact) mass is 239 g/mol. The summed E-state index contributed by atoms with van der Waals surface area (Å²) in [6.45, 7) is 2.67. The van der Waals surface area contributed by atoms with Gasteiger partial charge in [0.1, 0.15) is 0 Å². The van der Waals surface area contributed by atoms with Crippen LogP contribution in [0.5, 0.6) is 0 Å². The number of ether oxygens (including phenoxy) is 1. The molecule has 0 aromatic heterocycles. The molecule has 0 radical (unpaired) electrons. The van der Waals surface area contributed by atoms with E-state index in [1.54, 1.807) is 0 Å². The summed E-state index contributed by atoms with van der Waals surface area (Å²) >= 11 is 0. The van der Waals surface area contributed by atoms with Crippen LogP contribution in [-0.2, 0) is 9.53 Å². The highest BCUT2D eigenvalue weighted by Gasteiger charge is 2.25. The van der Waals surface area contributed by atoms with Crippen molar-refractivity contribution in [3.05, 3.63) is 0 Å². The molecular formula is C14H25NO2. The second-order valence-electron chi connectivity index (χ2n) is 5.61. The van der Waals surface area contributed by atoms with Gasteiger partial charge in [0.05, 0.1) is 0 Å². The van der Waals surface area contributed by atoms with Gasteiger partial charge >= 0.3 is 0 Å². The van der Waals surface area contributed by atoms with Gasteiger partial charge in [-0.25, -0.2) is 0 Å². The van der Waals surface area contributed by atoms with Crippen molar-refractivity contribution in [1.82, 2.24) is 4.90 Å². The number of carbonyl (C=O) groups excluding carboxylic acids is 1. The zero-order valence-corrected chi connectivity index (χ0v) is 11.0. The molecule has 98 valence electrons. The molecule has 3 nitrogen and oxygen atoms in total. The van der Waals surface area contributed by atoms with Gasteiger partial charge in [0.15, 0.2) is 0 Å². The second kappa shape index (κ2) is 6.39. The van der Waals surface area contributed by atoms with Crippen LogP contribution in [0.3, 0.4) is 0 Å². The summed E-state index contributed by atoms with van der Waals surface area (Å²) in [4.78, 5) is 14.2. The predicted octanol–water partition coefficient (Wildman–Crippen LogP) is 2.45. The molecule has 3 heteroatoms. The Morgan fingerprint density at radius 1 is 1.12 bits per heavy atom. The van der Waals surface area contributed by atoms with Gasteiger partial charge in [0.25, 0.3) is 0 Å². The first-order valence-corrected chi connectivity index (χ1v) is 7.10. The van der Waals surface area contributed by atoms with Crippen molar-refractivity contribution in [1.29, 1.82) is 0 Å². The maximum atomic E-state index is 12.3. The lowest BCUT2D eigenvalue weighted by Crippen LogP contribution is -2.38. The zero-order chi connectivity index (χ0) is 12.1. The molecule has 0 bridgehead atoms. The zero-order valence-electron chi connectivity index (χ0n) is 11.0. The van der Waals surface area contributed by atoms with Gasteiger partial charge in [-0.2, -0.15) is 0 Å². The Kier molecular flexibility index (Phi) is 4.84. The van der Waals surface area contributed by atoms with E-state index in [0.717, 1.165) is 45.4 Å². The molecule has 2 rings (SSSR count). The van der Waals surface area contributed by atoms with E-state index >= 15 is 0 Å². The van der Waals surface area contributed by atoms with Crippen molar-refractivity contribution in [3.63, 3.8) is 0 Å². The van der Waals surface area contributed by atoms with E-state index in [0.29, 0.717) is 17.7 Å². The quantitative estimate of drug-likeness (QED) is 0.757. The van der Waals surface area contributed by atoms with Gasteiger partial charge in [-0.1, -0.05) is 19.3 Å². The SMILES string of the molecule is CN(CC1CCOCC1)C(=O)C1CCCCC1. The average Bonchev–Trinajstić information content (AvgIpc) is 2.40. The summed E-state index contributed by atoms with van der Waals surface area (Å²) in [7, 11) is 1.98. The molecule has 0 atom stereocenters. The maximum Gasteiger partial charge on any atom is 0.225 e. The van der Waals surface area contributed by atoms with Crippen molar-refractivity contribution >= 4 is 5.91 Å². The Morgan fingerprint density at radius 2 is 1.76 bits per heavy atom. The Morgan fingerprint density at radius 3 is 2.41 bits per heavy atom. The summed E-state index contributed by atoms with van der Waals surface area (Å²) in [6, 6.07) is 0. The Hall–Kier alpha value is -0.570. The molecule has 0 aromatic rings. The van der Waals surface area contributed by atoms with Gasteiger partial charge in [-0.15, -0.1) is 0 Å². The highest BCUT2D eigenvalue weighted by atomic mass is 16.5. The normalized spacial score (nSPS) is 23.6. The molecular weight excluding hydrogens is 214 g/mol. The van der Waals surface area contributed by atoms with Crippen LogP contribution in [0.1, 0.15) is 44.9 Å². The minimum absolute atomic E-state index is 0.314. The molecule has 1 aliphatic carbocycles. The van der Waals surface area contributed by atoms with Crippen molar-refractivity contribution < 1.29 is 9.53 Å². The van der Waals surface area contributed by atoms with Gasteiger partial charge in [-0.05, 0) is 31.6 Å². The number of hydrogen-bond donors (Lipinski definition) is 0. The van der Waals surface area contributed by atoms with Gasteiger partial charge in [-0.3, -0.25) is 4.79 Å². The second-order valence-corrected chi connectivity index (χ2v) is 5.61. The number of hydrogen-bond acceptors (Lipinski definition) is 2. The smallest absolute Gasteiger partial charge is 0.225 e. The molecule has 1 amide bonds. The number of nitrogens with zero attached hydrogens (tertiary/aromatic N) is 1. The molecule has 0 N–H and O–H groups in total. The molecule has 17 heavy (non-hydrogen) atoms. The molecule has 1 heterocycles. The predicted molar refractivity (Wildman–Crippen MR) is 67.8 cm³/mol. The first-order valence-electron chi connectivity index (χ1n) is 7.10. The third-order valence-electron chi connectivity index (χ3n) is 4.20. The highest BCUT2D eigenvalue weighted by Crippen LogP contribution is 2.26. The number of carbonyl (C=O) groups is 1. The molecule has 1 aliphatic heterocycles. The van der Waals surface area contributed by atoms with Gasteiger partial charge < -0.3 is 9.64 Å². The van der Waals surface area contributed by atoms with E-state index in [1.807, 2.05) is 11.9 Å². The van der Waals surface area contributed by atoms with E-state index in [-0.39, 0.29) is 0 Å². The first-order chi connectivity index (χ1) is 8.27. The Bertz CT molecular complexity index is 243. The lowest BCUT2D eigenvalue weighted by Gasteiger charge is -2.30. The maximum absolute atomic E-state index is 12.3. The fourth-order valence-electron chi connectivity index (χ4n) is 3.07. The third kappa shape index (κ3) is 3.70. The van der Waals surface area contributed by atoms with Crippen molar-refractivity contribution in [2.45, 2.75) is 44.9 Å². The minimum Gasteiger partial charge on any atom is -0.381 e. The van der Waals surface area contributed by atoms with E-state index < -0.39 is 0 Å². The Balaban J connectivity index is 1.77. The summed E-state index contributed by atoms with van der Waals surface area (Å²) < 4.78 is 5.35. The highest BCUT2D eigenvalue weighted by molar-refractivity contribution is 5.78. The van der Waals surface area contributed by atoms with Crippen LogP contribution in [0.2, 0.25) is 0 Å². The van der Waals surface area contributed by atoms with Gasteiger partial charge in [0.2, 0.25) is 5.91 Å². The summed E-state index contributed by atoms with van der Waals surface area (Å²) in [5.41, 5.74) is 0. The van der Waals surface area contributed by atoms with E-state index in [9.17, 15) is 4.79 Å². The molecule has 2 fully saturated rings. The first kappa shape index (κ1) is 12.9. The van der Waals surface area contributed by atoms with E-state index in [1.165, 1.54) is 19.3 Å². The van der Waals surface area contributed by atoms with Crippen molar-refractivity contribution in [3.8, 4) is 0 Å². The van der Waals surface area contributed by atoms with Crippen molar-refractivity contribution in [2.75, 3.05) is 26.8 Å². The molecule has 1 saturated heterocycles. The molecule has 0 unspecified atom stereocenters. The number of rotatable bonds is 3. The number of amides is 1. The lowest BCUT2D eigenvalue weighted by atomic mass is 9.88.